The van der Waals surface area contributed by atoms with Crippen molar-refractivity contribution in [2.75, 3.05) is 6.54 Å². The van der Waals surface area contributed by atoms with Crippen LogP contribution in [-0.2, 0) is 26.4 Å². The van der Waals surface area contributed by atoms with E-state index >= 15 is 0 Å². The summed E-state index contributed by atoms with van der Waals surface area (Å²) in [5, 5.41) is 11.7. The van der Waals surface area contributed by atoms with Crippen LogP contribution in [0.2, 0.25) is 0 Å². The summed E-state index contributed by atoms with van der Waals surface area (Å²) in [7, 11) is 2.05. The van der Waals surface area contributed by atoms with Crippen LogP contribution >= 0.6 is 0 Å². The van der Waals surface area contributed by atoms with E-state index in [4.69, 9.17) is 10.1 Å². The third kappa shape index (κ3) is 4.24. The Balaban J connectivity index is 1.65. The molecule has 0 fully saturated rings. The van der Waals surface area contributed by atoms with E-state index in [1.54, 1.807) is 0 Å². The molecule has 0 amide bonds. The highest BCUT2D eigenvalue weighted by atomic mass is 15.3. The largest absolute Gasteiger partial charge is 0.357 e. The molecule has 0 spiro atoms. The van der Waals surface area contributed by atoms with Crippen molar-refractivity contribution in [3.8, 4) is 0 Å². The van der Waals surface area contributed by atoms with Gasteiger partial charge in [0, 0.05) is 50.2 Å². The fourth-order valence-electron chi connectivity index (χ4n) is 3.23. The fourth-order valence-corrected chi connectivity index (χ4v) is 3.23. The molecule has 1 aliphatic rings. The van der Waals surface area contributed by atoms with Crippen LogP contribution in [0.25, 0.3) is 0 Å². The van der Waals surface area contributed by atoms with E-state index in [-0.39, 0.29) is 0 Å². The van der Waals surface area contributed by atoms with Crippen molar-refractivity contribution in [2.45, 2.75) is 58.7 Å². The molecule has 1 aliphatic carbocycles. The van der Waals surface area contributed by atoms with Gasteiger partial charge in [0.05, 0.1) is 12.2 Å². The maximum atomic E-state index is 4.77. The third-order valence-electron chi connectivity index (χ3n) is 4.76. The summed E-state index contributed by atoms with van der Waals surface area (Å²) < 4.78 is 4.19. The van der Waals surface area contributed by atoms with Gasteiger partial charge in [0.2, 0.25) is 0 Å². The highest BCUT2D eigenvalue weighted by molar-refractivity contribution is 5.80. The van der Waals surface area contributed by atoms with Crippen LogP contribution in [0.4, 0.5) is 0 Å². The standard InChI is InChI=1S/C19H30N6/c1-5-20-19(21-12-17-7-6-10-24(17)4)22-16-9-8-15-13-25(14(2)3)23-18(15)11-16/h6-7,10,13-14,16H,5,8-9,11-12H2,1-4H3,(H2,20,21,22). The minimum atomic E-state index is 0.384. The van der Waals surface area contributed by atoms with E-state index < -0.39 is 0 Å². The van der Waals surface area contributed by atoms with Gasteiger partial charge in [-0.25, -0.2) is 4.99 Å². The highest BCUT2D eigenvalue weighted by Crippen LogP contribution is 2.21. The zero-order valence-corrected chi connectivity index (χ0v) is 15.8. The molecule has 136 valence electrons. The van der Waals surface area contributed by atoms with E-state index in [1.807, 2.05) is 0 Å². The zero-order valence-electron chi connectivity index (χ0n) is 15.8. The first-order valence-electron chi connectivity index (χ1n) is 9.28. The molecule has 2 heterocycles. The van der Waals surface area contributed by atoms with Crippen molar-refractivity contribution in [3.05, 3.63) is 41.5 Å². The van der Waals surface area contributed by atoms with Gasteiger partial charge >= 0.3 is 0 Å². The molecular weight excluding hydrogens is 312 g/mol. The van der Waals surface area contributed by atoms with Gasteiger partial charge in [-0.15, -0.1) is 0 Å². The van der Waals surface area contributed by atoms with Crippen LogP contribution in [-0.4, -0.2) is 32.9 Å². The Labute approximate surface area is 150 Å². The van der Waals surface area contributed by atoms with Crippen molar-refractivity contribution in [1.82, 2.24) is 25.0 Å². The van der Waals surface area contributed by atoms with Crippen LogP contribution in [0.1, 0.15) is 50.2 Å². The maximum Gasteiger partial charge on any atom is 0.191 e. The second kappa shape index (κ2) is 7.76. The summed E-state index contributed by atoms with van der Waals surface area (Å²) in [5.41, 5.74) is 3.84. The van der Waals surface area contributed by atoms with Gasteiger partial charge in [-0.3, -0.25) is 4.68 Å². The van der Waals surface area contributed by atoms with Gasteiger partial charge in [0.25, 0.3) is 0 Å². The molecule has 1 unspecified atom stereocenters. The van der Waals surface area contributed by atoms with Crippen LogP contribution in [0.15, 0.2) is 29.5 Å². The lowest BCUT2D eigenvalue weighted by molar-refractivity contribution is 0.499. The van der Waals surface area contributed by atoms with Crippen molar-refractivity contribution in [1.29, 1.82) is 0 Å². The lowest BCUT2D eigenvalue weighted by Gasteiger charge is -2.24. The van der Waals surface area contributed by atoms with Gasteiger partial charge < -0.3 is 15.2 Å². The second-order valence-electron chi connectivity index (χ2n) is 7.06. The fraction of sp³-hybridized carbons (Fsp3) is 0.579. The predicted octanol–water partition coefficient (Wildman–Crippen LogP) is 2.42. The van der Waals surface area contributed by atoms with E-state index in [0.29, 0.717) is 18.6 Å². The molecule has 0 aromatic carbocycles. The molecule has 0 saturated carbocycles. The van der Waals surface area contributed by atoms with Crippen molar-refractivity contribution in [3.63, 3.8) is 0 Å². The molecule has 0 saturated heterocycles. The number of nitrogens with zero attached hydrogens (tertiary/aromatic N) is 4. The third-order valence-corrected chi connectivity index (χ3v) is 4.76. The summed E-state index contributed by atoms with van der Waals surface area (Å²) >= 11 is 0. The number of hydrogen-bond donors (Lipinski definition) is 2. The quantitative estimate of drug-likeness (QED) is 0.648. The van der Waals surface area contributed by atoms with Gasteiger partial charge in [0.15, 0.2) is 5.96 Å². The molecule has 1 atom stereocenters. The first-order valence-corrected chi connectivity index (χ1v) is 9.28. The number of guanidine groups is 1. The summed E-state index contributed by atoms with van der Waals surface area (Å²) in [4.78, 5) is 4.75. The molecule has 0 bridgehead atoms. The number of nitrogens with one attached hydrogen (secondary N) is 2. The average Bonchev–Trinajstić information content (AvgIpc) is 3.18. The second-order valence-corrected chi connectivity index (χ2v) is 7.06. The Kier molecular flexibility index (Phi) is 5.46. The monoisotopic (exact) mass is 342 g/mol. The van der Waals surface area contributed by atoms with E-state index in [1.165, 1.54) is 17.0 Å². The number of aryl methyl sites for hydroxylation is 2. The molecule has 0 radical (unpaired) electrons. The Bertz CT molecular complexity index is 724. The van der Waals surface area contributed by atoms with E-state index in [2.05, 4.69) is 72.2 Å². The topological polar surface area (TPSA) is 59.2 Å². The molecule has 3 rings (SSSR count). The molecule has 6 nitrogen and oxygen atoms in total. The smallest absolute Gasteiger partial charge is 0.191 e. The van der Waals surface area contributed by atoms with E-state index in [9.17, 15) is 0 Å². The molecule has 25 heavy (non-hydrogen) atoms. The van der Waals surface area contributed by atoms with Crippen molar-refractivity contribution in [2.24, 2.45) is 12.0 Å². The lowest BCUT2D eigenvalue weighted by atomic mass is 9.94. The minimum Gasteiger partial charge on any atom is -0.357 e. The van der Waals surface area contributed by atoms with Gasteiger partial charge in [0.1, 0.15) is 0 Å². The van der Waals surface area contributed by atoms with Crippen LogP contribution < -0.4 is 10.6 Å². The Morgan fingerprint density at radius 2 is 2.28 bits per heavy atom. The van der Waals surface area contributed by atoms with Gasteiger partial charge in [-0.05, 0) is 51.3 Å². The Hall–Kier alpha value is -2.24. The summed E-state index contributed by atoms with van der Waals surface area (Å²) in [6, 6.07) is 4.97. The average molecular weight is 342 g/mol. The van der Waals surface area contributed by atoms with Crippen LogP contribution in [0.3, 0.4) is 0 Å². The summed E-state index contributed by atoms with van der Waals surface area (Å²) in [5.74, 6) is 0.889. The number of rotatable bonds is 5. The molecule has 2 N–H and O–H groups in total. The van der Waals surface area contributed by atoms with Crippen molar-refractivity contribution >= 4 is 5.96 Å². The summed E-state index contributed by atoms with van der Waals surface area (Å²) in [6.45, 7) is 7.99. The zero-order chi connectivity index (χ0) is 17.8. The van der Waals surface area contributed by atoms with Crippen LogP contribution in [0, 0.1) is 0 Å². The first-order chi connectivity index (χ1) is 12.1. The summed E-state index contributed by atoms with van der Waals surface area (Å²) in [6.07, 6.45) is 7.43. The molecular formula is C19H30N6. The molecule has 0 aliphatic heterocycles. The van der Waals surface area contributed by atoms with Crippen LogP contribution in [0.5, 0.6) is 0 Å². The normalized spacial score (nSPS) is 17.6. The Morgan fingerprint density at radius 3 is 2.96 bits per heavy atom. The molecule has 2 aromatic heterocycles. The molecule has 6 heteroatoms. The Morgan fingerprint density at radius 1 is 1.44 bits per heavy atom. The van der Waals surface area contributed by atoms with Gasteiger partial charge in [-0.1, -0.05) is 0 Å². The van der Waals surface area contributed by atoms with Crippen molar-refractivity contribution < 1.29 is 0 Å². The highest BCUT2D eigenvalue weighted by Gasteiger charge is 2.23. The van der Waals surface area contributed by atoms with Gasteiger partial charge in [-0.2, -0.15) is 5.10 Å². The maximum absolute atomic E-state index is 4.77. The molecule has 2 aromatic rings. The van der Waals surface area contributed by atoms with E-state index in [0.717, 1.165) is 31.8 Å². The number of aromatic nitrogens is 3. The number of fused-ring (bicyclic) bond motifs is 1. The lowest BCUT2D eigenvalue weighted by Crippen LogP contribution is -2.45. The SMILES string of the molecule is CCNC(=NCc1cccn1C)NC1CCc2cn(C(C)C)nc2C1. The minimum absolute atomic E-state index is 0.384. The first kappa shape index (κ1) is 17.6. The predicted molar refractivity (Wildman–Crippen MR) is 102 cm³/mol. The number of aliphatic imine (C=N–C) groups is 1. The number of hydrogen-bond acceptors (Lipinski definition) is 2.